The fourth-order valence-electron chi connectivity index (χ4n) is 2.94. The molecule has 1 aliphatic rings. The van der Waals surface area contributed by atoms with Crippen molar-refractivity contribution in [2.75, 3.05) is 25.1 Å². The topological polar surface area (TPSA) is 41.9 Å². The van der Waals surface area contributed by atoms with Gasteiger partial charge in [-0.1, -0.05) is 40.2 Å². The average molecular weight is 401 g/mol. The van der Waals surface area contributed by atoms with Gasteiger partial charge in [-0.2, -0.15) is 0 Å². The third-order valence-corrected chi connectivity index (χ3v) is 4.79. The van der Waals surface area contributed by atoms with Crippen molar-refractivity contribution >= 4 is 33.2 Å². The minimum Gasteiger partial charge on any atom is -0.495 e. The second kappa shape index (κ2) is 8.30. The number of benzene rings is 2. The van der Waals surface area contributed by atoms with E-state index in [1.807, 2.05) is 53.4 Å². The molecule has 1 aliphatic heterocycles. The highest BCUT2D eigenvalue weighted by molar-refractivity contribution is 9.10. The molecule has 0 unspecified atom stereocenters. The summed E-state index contributed by atoms with van der Waals surface area (Å²) < 4.78 is 6.47. The zero-order valence-electron chi connectivity index (χ0n) is 14.2. The van der Waals surface area contributed by atoms with Crippen molar-refractivity contribution in [2.24, 2.45) is 4.99 Å². The first-order valence-corrected chi connectivity index (χ1v) is 9.21. The summed E-state index contributed by atoms with van der Waals surface area (Å²) in [6, 6.07) is 15.2. The van der Waals surface area contributed by atoms with Gasteiger partial charge in [-0.25, -0.2) is 0 Å². The van der Waals surface area contributed by atoms with Gasteiger partial charge in [0.25, 0.3) is 0 Å². The van der Waals surface area contributed by atoms with Crippen LogP contribution in [0.4, 0.5) is 5.69 Å². The summed E-state index contributed by atoms with van der Waals surface area (Å²) in [5, 5.41) is 0. The first kappa shape index (κ1) is 17.7. The second-order valence-electron chi connectivity index (χ2n) is 5.94. The highest BCUT2D eigenvalue weighted by atomic mass is 79.9. The zero-order chi connectivity index (χ0) is 17.6. The van der Waals surface area contributed by atoms with Crippen molar-refractivity contribution < 1.29 is 9.53 Å². The maximum atomic E-state index is 12.8. The van der Waals surface area contributed by atoms with Crippen LogP contribution in [-0.2, 0) is 0 Å². The van der Waals surface area contributed by atoms with Crippen LogP contribution in [0.5, 0.6) is 5.75 Å². The molecule has 1 heterocycles. The highest BCUT2D eigenvalue weighted by Crippen LogP contribution is 2.30. The number of aliphatic imine (C=N–C) groups is 1. The zero-order valence-corrected chi connectivity index (χ0v) is 15.8. The van der Waals surface area contributed by atoms with Gasteiger partial charge >= 0.3 is 0 Å². The molecule has 130 valence electrons. The quantitative estimate of drug-likeness (QED) is 0.681. The fraction of sp³-hybridized carbons (Fsp3) is 0.300. The molecule has 0 radical (unpaired) electrons. The predicted molar refractivity (Wildman–Crippen MR) is 105 cm³/mol. The summed E-state index contributed by atoms with van der Waals surface area (Å²) in [6.07, 6.45) is 3.08. The van der Waals surface area contributed by atoms with Crippen molar-refractivity contribution in [3.63, 3.8) is 0 Å². The van der Waals surface area contributed by atoms with Crippen LogP contribution in [0.3, 0.4) is 0 Å². The molecule has 5 heteroatoms. The van der Waals surface area contributed by atoms with Crippen LogP contribution in [0.1, 0.15) is 29.6 Å². The van der Waals surface area contributed by atoms with Crippen LogP contribution in [-0.4, -0.2) is 31.8 Å². The Morgan fingerprint density at radius 1 is 1.16 bits per heavy atom. The normalized spacial score (nSPS) is 13.9. The van der Waals surface area contributed by atoms with Crippen molar-refractivity contribution in [3.05, 3.63) is 58.6 Å². The molecule has 0 aliphatic carbocycles. The number of ketones is 1. The van der Waals surface area contributed by atoms with Gasteiger partial charge in [-0.05, 0) is 37.1 Å². The maximum Gasteiger partial charge on any atom is 0.182 e. The summed E-state index contributed by atoms with van der Waals surface area (Å²) in [7, 11) is 1.65. The Balaban J connectivity index is 1.92. The van der Waals surface area contributed by atoms with Gasteiger partial charge in [0.05, 0.1) is 19.3 Å². The van der Waals surface area contributed by atoms with E-state index in [4.69, 9.17) is 4.74 Å². The van der Waals surface area contributed by atoms with Gasteiger partial charge in [0.15, 0.2) is 5.78 Å². The number of hydrogen-bond acceptors (Lipinski definition) is 4. The molecule has 25 heavy (non-hydrogen) atoms. The number of ether oxygens (including phenoxy) is 1. The number of anilines is 1. The Bertz CT molecular complexity index is 772. The van der Waals surface area contributed by atoms with Gasteiger partial charge in [0.2, 0.25) is 0 Å². The van der Waals surface area contributed by atoms with Crippen molar-refractivity contribution in [1.29, 1.82) is 0 Å². The first-order valence-electron chi connectivity index (χ1n) is 8.41. The molecule has 0 saturated heterocycles. The molecule has 0 saturated carbocycles. The number of halogens is 1. The summed E-state index contributed by atoms with van der Waals surface area (Å²) in [6.45, 7) is 1.06. The lowest BCUT2D eigenvalue weighted by Gasteiger charge is -2.29. The lowest BCUT2D eigenvalue weighted by atomic mass is 10.1. The third kappa shape index (κ3) is 4.28. The summed E-state index contributed by atoms with van der Waals surface area (Å²) in [5.41, 5.74) is 1.58. The van der Waals surface area contributed by atoms with Crippen LogP contribution < -0.4 is 9.64 Å². The van der Waals surface area contributed by atoms with E-state index in [0.29, 0.717) is 5.56 Å². The van der Waals surface area contributed by atoms with Crippen molar-refractivity contribution in [1.82, 2.24) is 0 Å². The van der Waals surface area contributed by atoms with E-state index >= 15 is 0 Å². The molecule has 0 N–H and O–H groups in total. The largest absolute Gasteiger partial charge is 0.495 e. The molecular weight excluding hydrogens is 380 g/mol. The monoisotopic (exact) mass is 400 g/mol. The second-order valence-corrected chi connectivity index (χ2v) is 6.86. The van der Waals surface area contributed by atoms with E-state index in [0.717, 1.165) is 47.6 Å². The third-order valence-electron chi connectivity index (χ3n) is 4.26. The molecule has 0 fully saturated rings. The number of carbonyl (C=O) groups excluding carboxylic acids is 1. The molecule has 0 atom stereocenters. The number of amidine groups is 1. The van der Waals surface area contributed by atoms with E-state index in [2.05, 4.69) is 20.9 Å². The number of Topliss-reactive ketones (excluding diaryl/α,β-unsaturated/α-hetero) is 1. The molecule has 0 spiro atoms. The minimum absolute atomic E-state index is 0.0617. The highest BCUT2D eigenvalue weighted by Gasteiger charge is 2.22. The lowest BCUT2D eigenvalue weighted by Crippen LogP contribution is -2.37. The summed E-state index contributed by atoms with van der Waals surface area (Å²) in [5.74, 6) is 1.77. The Morgan fingerprint density at radius 2 is 1.92 bits per heavy atom. The lowest BCUT2D eigenvalue weighted by molar-refractivity contribution is 0.100. The van der Waals surface area contributed by atoms with E-state index in [1.54, 1.807) is 7.11 Å². The Hall–Kier alpha value is -2.14. The van der Waals surface area contributed by atoms with Crippen LogP contribution >= 0.6 is 15.9 Å². The molecule has 4 nitrogen and oxygen atoms in total. The number of carbonyl (C=O) groups is 1. The number of nitrogens with zero attached hydrogens (tertiary/aromatic N) is 2. The first-order chi connectivity index (χ1) is 12.2. The van der Waals surface area contributed by atoms with E-state index in [-0.39, 0.29) is 12.3 Å². The van der Waals surface area contributed by atoms with E-state index < -0.39 is 0 Å². The molecule has 2 aromatic carbocycles. The van der Waals surface area contributed by atoms with Gasteiger partial charge in [-0.3, -0.25) is 9.79 Å². The van der Waals surface area contributed by atoms with Crippen LogP contribution in [0.25, 0.3) is 0 Å². The molecule has 0 amide bonds. The summed E-state index contributed by atoms with van der Waals surface area (Å²) in [4.78, 5) is 19.5. The molecule has 0 aromatic heterocycles. The van der Waals surface area contributed by atoms with Gasteiger partial charge in [0, 0.05) is 23.0 Å². The van der Waals surface area contributed by atoms with Crippen LogP contribution in [0.15, 0.2) is 58.0 Å². The smallest absolute Gasteiger partial charge is 0.182 e. The maximum absolute atomic E-state index is 12.8. The van der Waals surface area contributed by atoms with Gasteiger partial charge in [0.1, 0.15) is 11.6 Å². The number of hydrogen-bond donors (Lipinski definition) is 0. The number of para-hydroxylation sites is 2. The number of rotatable bonds is 5. The molecule has 2 aromatic rings. The fourth-order valence-corrected chi connectivity index (χ4v) is 3.21. The molecule has 0 bridgehead atoms. The molecular formula is C20H21BrN2O2. The molecule has 3 rings (SSSR count). The van der Waals surface area contributed by atoms with Crippen LogP contribution in [0, 0.1) is 0 Å². The Kier molecular flexibility index (Phi) is 5.87. The SMILES string of the molecule is COc1ccccc1N(CC(=O)c1ccc(Br)cc1)C1=NCCCC1. The number of methoxy groups -OCH3 is 1. The van der Waals surface area contributed by atoms with Gasteiger partial charge in [-0.15, -0.1) is 0 Å². The van der Waals surface area contributed by atoms with Gasteiger partial charge < -0.3 is 9.64 Å². The Labute approximate surface area is 156 Å². The van der Waals surface area contributed by atoms with Crippen molar-refractivity contribution in [2.45, 2.75) is 19.3 Å². The minimum atomic E-state index is 0.0617. The van der Waals surface area contributed by atoms with Crippen LogP contribution in [0.2, 0.25) is 0 Å². The predicted octanol–water partition coefficient (Wildman–Crippen LogP) is 4.73. The van der Waals surface area contributed by atoms with E-state index in [1.165, 1.54) is 0 Å². The Morgan fingerprint density at radius 3 is 2.60 bits per heavy atom. The van der Waals surface area contributed by atoms with Crippen molar-refractivity contribution in [3.8, 4) is 5.75 Å². The summed E-state index contributed by atoms with van der Waals surface area (Å²) >= 11 is 3.41. The average Bonchev–Trinajstić information content (AvgIpc) is 2.67. The standard InChI is InChI=1S/C20H21BrN2O2/c1-25-19-7-3-2-6-17(19)23(20-8-4-5-13-22-20)14-18(24)15-9-11-16(21)12-10-15/h2-3,6-7,9-12H,4-5,8,13-14H2,1H3. The van der Waals surface area contributed by atoms with E-state index in [9.17, 15) is 4.79 Å².